The molecule has 0 saturated carbocycles. The fourth-order valence-corrected chi connectivity index (χ4v) is 1.96. The zero-order valence-corrected chi connectivity index (χ0v) is 12.4. The van der Waals surface area contributed by atoms with Gasteiger partial charge in [-0.3, -0.25) is 15.0 Å². The molecule has 1 saturated heterocycles. The number of morpholine rings is 1. The molecule has 1 rings (SSSR count). The van der Waals surface area contributed by atoms with Crippen molar-refractivity contribution in [3.8, 4) is 0 Å². The van der Waals surface area contributed by atoms with Gasteiger partial charge in [-0.05, 0) is 33.4 Å². The topological polar surface area (TPSA) is 82.7 Å². The van der Waals surface area contributed by atoms with E-state index in [1.165, 1.54) is 0 Å². The molecule has 7 heteroatoms. The Morgan fingerprint density at radius 1 is 1.30 bits per heavy atom. The van der Waals surface area contributed by atoms with Gasteiger partial charge in [-0.1, -0.05) is 0 Å². The molecule has 7 nitrogen and oxygen atoms in total. The highest BCUT2D eigenvalue weighted by Gasteiger charge is 2.15. The number of hydrogen-bond acceptors (Lipinski definition) is 5. The summed E-state index contributed by atoms with van der Waals surface area (Å²) in [5, 5.41) is 7.94. The molecule has 0 aromatic carbocycles. The van der Waals surface area contributed by atoms with E-state index >= 15 is 0 Å². The number of ether oxygens (including phenoxy) is 1. The van der Waals surface area contributed by atoms with Crippen molar-refractivity contribution in [2.45, 2.75) is 26.3 Å². The number of amides is 3. The van der Waals surface area contributed by atoms with Crippen LogP contribution in [0.3, 0.4) is 0 Å². The summed E-state index contributed by atoms with van der Waals surface area (Å²) in [4.78, 5) is 25.2. The van der Waals surface area contributed by atoms with Gasteiger partial charge in [0.05, 0.1) is 19.3 Å². The third kappa shape index (κ3) is 6.83. The summed E-state index contributed by atoms with van der Waals surface area (Å²) in [7, 11) is 0. The van der Waals surface area contributed by atoms with Gasteiger partial charge < -0.3 is 15.4 Å². The van der Waals surface area contributed by atoms with Crippen LogP contribution in [0.2, 0.25) is 0 Å². The van der Waals surface area contributed by atoms with Crippen molar-refractivity contribution in [3.63, 3.8) is 0 Å². The van der Waals surface area contributed by atoms with E-state index < -0.39 is 6.03 Å². The second-order valence-corrected chi connectivity index (χ2v) is 4.83. The van der Waals surface area contributed by atoms with E-state index in [-0.39, 0.29) is 11.9 Å². The van der Waals surface area contributed by atoms with Crippen LogP contribution >= 0.6 is 0 Å². The molecular weight excluding hydrogens is 260 g/mol. The largest absolute Gasteiger partial charge is 0.379 e. The molecule has 1 aliphatic rings. The van der Waals surface area contributed by atoms with Gasteiger partial charge in [-0.2, -0.15) is 0 Å². The molecular formula is C13H26N4O3. The molecule has 1 atom stereocenters. The van der Waals surface area contributed by atoms with Gasteiger partial charge in [0.1, 0.15) is 0 Å². The Hall–Kier alpha value is -1.18. The quantitative estimate of drug-likeness (QED) is 0.551. The van der Waals surface area contributed by atoms with Crippen molar-refractivity contribution in [1.82, 2.24) is 20.9 Å². The van der Waals surface area contributed by atoms with Crippen LogP contribution in [-0.4, -0.2) is 68.8 Å². The Kier molecular flexibility index (Phi) is 8.17. The molecule has 1 fully saturated rings. The lowest BCUT2D eigenvalue weighted by Crippen LogP contribution is -2.48. The van der Waals surface area contributed by atoms with E-state index in [1.54, 1.807) is 13.8 Å². The van der Waals surface area contributed by atoms with Crippen LogP contribution in [0.1, 0.15) is 20.3 Å². The molecule has 3 N–H and O–H groups in total. The van der Waals surface area contributed by atoms with Gasteiger partial charge in [0.25, 0.3) is 0 Å². The molecule has 1 unspecified atom stereocenters. The molecule has 0 radical (unpaired) electrons. The summed E-state index contributed by atoms with van der Waals surface area (Å²) in [6.07, 6.45) is 0.971. The second-order valence-electron chi connectivity index (χ2n) is 4.83. The van der Waals surface area contributed by atoms with Crippen LogP contribution in [0, 0.1) is 0 Å². The molecule has 0 bridgehead atoms. The first-order valence-corrected chi connectivity index (χ1v) is 7.25. The van der Waals surface area contributed by atoms with E-state index in [0.717, 1.165) is 45.8 Å². The predicted octanol–water partition coefficient (Wildman–Crippen LogP) is -0.467. The number of carbonyl (C=O) groups excluding carboxylic acids is 2. The Bertz CT molecular complexity index is 306. The number of hydrogen-bond donors (Lipinski definition) is 3. The minimum Gasteiger partial charge on any atom is -0.379 e. The first-order chi connectivity index (χ1) is 9.63. The van der Waals surface area contributed by atoms with E-state index in [1.807, 2.05) is 0 Å². The number of carbonyl (C=O) groups is 2. The zero-order valence-electron chi connectivity index (χ0n) is 12.4. The first-order valence-electron chi connectivity index (χ1n) is 7.25. The van der Waals surface area contributed by atoms with Gasteiger partial charge in [0.2, 0.25) is 5.91 Å². The minimum atomic E-state index is -0.445. The van der Waals surface area contributed by atoms with Crippen molar-refractivity contribution in [2.75, 3.05) is 45.9 Å². The van der Waals surface area contributed by atoms with Gasteiger partial charge in [-0.15, -0.1) is 0 Å². The van der Waals surface area contributed by atoms with E-state index in [2.05, 4.69) is 20.9 Å². The van der Waals surface area contributed by atoms with Gasteiger partial charge in [-0.25, -0.2) is 4.79 Å². The van der Waals surface area contributed by atoms with Crippen LogP contribution in [0.4, 0.5) is 4.79 Å². The summed E-state index contributed by atoms with van der Waals surface area (Å²) < 4.78 is 5.28. The number of nitrogens with one attached hydrogen (secondary N) is 3. The molecule has 1 heterocycles. The average Bonchev–Trinajstić information content (AvgIpc) is 2.44. The highest BCUT2D eigenvalue weighted by molar-refractivity contribution is 5.96. The molecule has 116 valence electrons. The average molecular weight is 286 g/mol. The normalized spacial score (nSPS) is 17.5. The lowest BCUT2D eigenvalue weighted by atomic mass is 10.3. The standard InChI is InChI=1S/C13H26N4O3/c1-3-14-13(19)16-12(18)11(2)15-5-4-6-17-7-9-20-10-8-17/h11,15H,3-10H2,1-2H3,(H2,14,16,18,19). The molecule has 3 amide bonds. The molecule has 0 aromatic heterocycles. The summed E-state index contributed by atoms with van der Waals surface area (Å²) in [5.41, 5.74) is 0. The lowest BCUT2D eigenvalue weighted by molar-refractivity contribution is -0.121. The number of rotatable bonds is 7. The third-order valence-electron chi connectivity index (χ3n) is 3.17. The van der Waals surface area contributed by atoms with Gasteiger partial charge in [0, 0.05) is 19.6 Å². The Morgan fingerprint density at radius 2 is 2.00 bits per heavy atom. The third-order valence-corrected chi connectivity index (χ3v) is 3.17. The van der Waals surface area contributed by atoms with Crippen molar-refractivity contribution in [3.05, 3.63) is 0 Å². The van der Waals surface area contributed by atoms with Crippen molar-refractivity contribution in [2.24, 2.45) is 0 Å². The van der Waals surface area contributed by atoms with Crippen LogP contribution < -0.4 is 16.0 Å². The zero-order chi connectivity index (χ0) is 14.8. The molecule has 0 spiro atoms. The maximum atomic E-state index is 11.7. The summed E-state index contributed by atoms with van der Waals surface area (Å²) >= 11 is 0. The number of urea groups is 1. The minimum absolute atomic E-state index is 0.303. The smallest absolute Gasteiger partial charge is 0.321 e. The second kappa shape index (κ2) is 9.68. The van der Waals surface area contributed by atoms with Crippen LogP contribution in [0.25, 0.3) is 0 Å². The Labute approximate surface area is 120 Å². The number of imide groups is 1. The fraction of sp³-hybridized carbons (Fsp3) is 0.846. The van der Waals surface area contributed by atoms with Gasteiger partial charge in [0.15, 0.2) is 0 Å². The Morgan fingerprint density at radius 3 is 2.65 bits per heavy atom. The van der Waals surface area contributed by atoms with Crippen LogP contribution in [0.5, 0.6) is 0 Å². The maximum Gasteiger partial charge on any atom is 0.321 e. The summed E-state index contributed by atoms with van der Waals surface area (Å²) in [6, 6.07) is -0.818. The van der Waals surface area contributed by atoms with E-state index in [4.69, 9.17) is 4.74 Å². The van der Waals surface area contributed by atoms with Crippen molar-refractivity contribution in [1.29, 1.82) is 0 Å². The maximum absolute atomic E-state index is 11.7. The molecule has 1 aliphatic heterocycles. The van der Waals surface area contributed by atoms with E-state index in [0.29, 0.717) is 6.54 Å². The Balaban J connectivity index is 2.07. The first kappa shape index (κ1) is 16.9. The predicted molar refractivity (Wildman–Crippen MR) is 76.6 cm³/mol. The SMILES string of the molecule is CCNC(=O)NC(=O)C(C)NCCCN1CCOCC1. The fourth-order valence-electron chi connectivity index (χ4n) is 1.96. The van der Waals surface area contributed by atoms with Gasteiger partial charge >= 0.3 is 6.03 Å². The molecule has 0 aliphatic carbocycles. The highest BCUT2D eigenvalue weighted by atomic mass is 16.5. The molecule has 20 heavy (non-hydrogen) atoms. The summed E-state index contributed by atoms with van der Waals surface area (Å²) in [6.45, 7) is 9.38. The van der Waals surface area contributed by atoms with E-state index in [9.17, 15) is 9.59 Å². The highest BCUT2D eigenvalue weighted by Crippen LogP contribution is 1.97. The lowest BCUT2D eigenvalue weighted by Gasteiger charge is -2.26. The summed E-state index contributed by atoms with van der Waals surface area (Å²) in [5.74, 6) is -0.303. The van der Waals surface area contributed by atoms with Crippen molar-refractivity contribution >= 4 is 11.9 Å². The van der Waals surface area contributed by atoms with Crippen LogP contribution in [0.15, 0.2) is 0 Å². The van der Waals surface area contributed by atoms with Crippen molar-refractivity contribution < 1.29 is 14.3 Å². The molecule has 0 aromatic rings. The number of nitrogens with zero attached hydrogens (tertiary/aromatic N) is 1. The van der Waals surface area contributed by atoms with Crippen LogP contribution in [-0.2, 0) is 9.53 Å². The monoisotopic (exact) mass is 286 g/mol.